The lowest BCUT2D eigenvalue weighted by Crippen LogP contribution is -2.38. The Balaban J connectivity index is 1.57. The van der Waals surface area contributed by atoms with Gasteiger partial charge in [0.1, 0.15) is 0 Å². The highest BCUT2D eigenvalue weighted by Gasteiger charge is 2.25. The van der Waals surface area contributed by atoms with Gasteiger partial charge in [0, 0.05) is 13.7 Å². The van der Waals surface area contributed by atoms with Crippen molar-refractivity contribution >= 4 is 29.5 Å². The van der Waals surface area contributed by atoms with Crippen molar-refractivity contribution in [3.8, 4) is 11.5 Å². The molecule has 0 spiro atoms. The van der Waals surface area contributed by atoms with Crippen LogP contribution in [-0.2, 0) is 22.6 Å². The van der Waals surface area contributed by atoms with Gasteiger partial charge in [0.05, 0.1) is 24.9 Å². The van der Waals surface area contributed by atoms with Crippen LogP contribution in [0.4, 0.5) is 10.6 Å². The number of aryl methyl sites for hydroxylation is 1. The number of urea groups is 1. The highest BCUT2D eigenvalue weighted by atomic mass is 32.2. The molecular formula is C21H27N9O3S. The van der Waals surface area contributed by atoms with Crippen molar-refractivity contribution in [2.24, 2.45) is 0 Å². The van der Waals surface area contributed by atoms with Gasteiger partial charge < -0.3 is 15.8 Å². The van der Waals surface area contributed by atoms with Crippen molar-refractivity contribution in [2.45, 2.75) is 44.1 Å². The number of rotatable bonds is 8. The third-order valence-electron chi connectivity index (χ3n) is 5.34. The van der Waals surface area contributed by atoms with Crippen molar-refractivity contribution in [2.75, 3.05) is 25.1 Å². The number of nitrogens with two attached hydrogens (primary N) is 1. The number of thioether (sulfide) groups is 1. The summed E-state index contributed by atoms with van der Waals surface area (Å²) in [6.07, 6.45) is 1.89. The lowest BCUT2D eigenvalue weighted by Gasteiger charge is -2.14. The van der Waals surface area contributed by atoms with Crippen LogP contribution < -0.4 is 16.4 Å². The first-order valence-corrected chi connectivity index (χ1v) is 11.9. The molecule has 13 heteroatoms. The number of amides is 3. The third-order valence-corrected chi connectivity index (χ3v) is 6.31. The molecule has 0 radical (unpaired) electrons. The summed E-state index contributed by atoms with van der Waals surface area (Å²) in [4.78, 5) is 23.4. The van der Waals surface area contributed by atoms with Crippen LogP contribution in [0.15, 0.2) is 29.4 Å². The predicted octanol–water partition coefficient (Wildman–Crippen LogP) is 1.20. The molecule has 1 saturated heterocycles. The molecule has 1 atom stereocenters. The molecule has 0 bridgehead atoms. The van der Waals surface area contributed by atoms with Gasteiger partial charge in [-0.25, -0.2) is 9.48 Å². The largest absolute Gasteiger partial charge is 0.382 e. The van der Waals surface area contributed by atoms with Crippen molar-refractivity contribution in [1.29, 1.82) is 0 Å². The Morgan fingerprint density at radius 3 is 2.88 bits per heavy atom. The molecule has 3 heterocycles. The average Bonchev–Trinajstić information content (AvgIpc) is 3.55. The molecule has 3 amide bonds. The smallest absolute Gasteiger partial charge is 0.321 e. The number of imide groups is 1. The highest BCUT2D eigenvalue weighted by molar-refractivity contribution is 7.99. The fraction of sp³-hybridized carbons (Fsp3) is 0.429. The number of carbonyl (C=O) groups excluding carboxylic acids is 2. The summed E-state index contributed by atoms with van der Waals surface area (Å²) in [6, 6.07) is 7.53. The lowest BCUT2D eigenvalue weighted by atomic mass is 10.1. The number of ether oxygens (including phenoxy) is 1. The third kappa shape index (κ3) is 5.54. The van der Waals surface area contributed by atoms with Crippen molar-refractivity contribution in [3.63, 3.8) is 0 Å². The summed E-state index contributed by atoms with van der Waals surface area (Å²) >= 11 is 1.17. The number of nitrogens with zero attached hydrogens (tertiary/aromatic N) is 6. The molecule has 1 aromatic carbocycles. The minimum absolute atomic E-state index is 0.00245. The van der Waals surface area contributed by atoms with Gasteiger partial charge in [0.2, 0.25) is 5.91 Å². The van der Waals surface area contributed by atoms with Gasteiger partial charge in [-0.3, -0.25) is 14.7 Å². The Bertz CT molecular complexity index is 1170. The zero-order chi connectivity index (χ0) is 24.1. The van der Waals surface area contributed by atoms with Gasteiger partial charge >= 0.3 is 6.03 Å². The monoisotopic (exact) mass is 485 g/mol. The van der Waals surface area contributed by atoms with Gasteiger partial charge in [0.15, 0.2) is 22.5 Å². The Labute approximate surface area is 200 Å². The first-order valence-electron chi connectivity index (χ1n) is 10.9. The molecule has 4 N–H and O–H groups in total. The van der Waals surface area contributed by atoms with Crippen LogP contribution in [-0.4, -0.2) is 67.2 Å². The van der Waals surface area contributed by atoms with Crippen LogP contribution in [0.3, 0.4) is 0 Å². The number of carbonyl (C=O) groups is 2. The standard InChI is InChI=1S/C21H27N9O3S/c1-13-5-3-6-14(9-13)10-30-18(22)17(25-28-30)19-26-27-21(29(19)11-15-7-4-8-33-15)34-12-16(31)24-20(32)23-2/h3,5-6,9,15H,4,7-8,10-12,22H2,1-2H3,(H2,23,24,31,32). The van der Waals surface area contributed by atoms with E-state index >= 15 is 0 Å². The Morgan fingerprint density at radius 1 is 1.29 bits per heavy atom. The van der Waals surface area contributed by atoms with Crippen LogP contribution in [0.5, 0.6) is 0 Å². The van der Waals surface area contributed by atoms with Crippen molar-refractivity contribution in [3.05, 3.63) is 35.4 Å². The van der Waals surface area contributed by atoms with E-state index in [4.69, 9.17) is 10.5 Å². The first kappa shape index (κ1) is 23.7. The number of nitrogen functional groups attached to an aromatic ring is 1. The van der Waals surface area contributed by atoms with E-state index in [1.54, 1.807) is 4.68 Å². The maximum Gasteiger partial charge on any atom is 0.321 e. The van der Waals surface area contributed by atoms with Gasteiger partial charge in [0.25, 0.3) is 0 Å². The molecule has 0 saturated carbocycles. The lowest BCUT2D eigenvalue weighted by molar-refractivity contribution is -0.117. The molecular weight excluding hydrogens is 458 g/mol. The van der Waals surface area contributed by atoms with Crippen LogP contribution in [0.2, 0.25) is 0 Å². The molecule has 34 heavy (non-hydrogen) atoms. The van der Waals surface area contributed by atoms with Crippen LogP contribution in [0.1, 0.15) is 24.0 Å². The topological polar surface area (TPSA) is 155 Å². The van der Waals surface area contributed by atoms with E-state index < -0.39 is 11.9 Å². The van der Waals surface area contributed by atoms with E-state index in [1.807, 2.05) is 29.7 Å². The molecule has 12 nitrogen and oxygen atoms in total. The fourth-order valence-electron chi connectivity index (χ4n) is 3.66. The van der Waals surface area contributed by atoms with Crippen LogP contribution in [0.25, 0.3) is 11.5 Å². The summed E-state index contributed by atoms with van der Waals surface area (Å²) in [6.45, 7) is 3.70. The molecule has 1 unspecified atom stereocenters. The van der Waals surface area contributed by atoms with Gasteiger partial charge in [-0.15, -0.1) is 15.3 Å². The van der Waals surface area contributed by atoms with E-state index in [9.17, 15) is 9.59 Å². The van der Waals surface area contributed by atoms with Gasteiger partial charge in [-0.1, -0.05) is 46.8 Å². The molecule has 0 aliphatic carbocycles. The molecule has 1 fully saturated rings. The van der Waals surface area contributed by atoms with Gasteiger partial charge in [-0.2, -0.15) is 0 Å². The quantitative estimate of drug-likeness (QED) is 0.399. The number of hydrogen-bond donors (Lipinski definition) is 3. The predicted molar refractivity (Wildman–Crippen MR) is 126 cm³/mol. The Hall–Kier alpha value is -3.45. The second-order valence-corrected chi connectivity index (χ2v) is 8.88. The number of hydrogen-bond acceptors (Lipinski definition) is 9. The first-order chi connectivity index (χ1) is 16.4. The molecule has 2 aromatic heterocycles. The SMILES string of the molecule is CNC(=O)NC(=O)CSc1nnc(-c2nnn(Cc3cccc(C)c3)c2N)n1CC1CCCO1. The van der Waals surface area contributed by atoms with Crippen LogP contribution in [0, 0.1) is 6.92 Å². The zero-order valence-electron chi connectivity index (χ0n) is 19.0. The highest BCUT2D eigenvalue weighted by Crippen LogP contribution is 2.28. The molecule has 3 aromatic rings. The summed E-state index contributed by atoms with van der Waals surface area (Å²) < 4.78 is 9.28. The number of benzene rings is 1. The molecule has 4 rings (SSSR count). The van der Waals surface area contributed by atoms with E-state index in [0.29, 0.717) is 42.2 Å². The fourth-order valence-corrected chi connectivity index (χ4v) is 4.41. The summed E-state index contributed by atoms with van der Waals surface area (Å²) in [7, 11) is 1.44. The summed E-state index contributed by atoms with van der Waals surface area (Å²) in [5.41, 5.74) is 9.03. The van der Waals surface area contributed by atoms with E-state index in [-0.39, 0.29) is 11.9 Å². The van der Waals surface area contributed by atoms with Crippen molar-refractivity contribution < 1.29 is 14.3 Å². The van der Waals surface area contributed by atoms with Crippen molar-refractivity contribution in [1.82, 2.24) is 40.4 Å². The molecule has 1 aliphatic heterocycles. The minimum atomic E-state index is -0.565. The number of nitrogens with one attached hydrogen (secondary N) is 2. The zero-order valence-corrected chi connectivity index (χ0v) is 19.8. The van der Waals surface area contributed by atoms with E-state index in [0.717, 1.165) is 24.0 Å². The van der Waals surface area contributed by atoms with Crippen LogP contribution >= 0.6 is 11.8 Å². The second kappa shape index (κ2) is 10.7. The summed E-state index contributed by atoms with van der Waals surface area (Å²) in [5.74, 6) is 0.377. The normalized spacial score (nSPS) is 15.4. The minimum Gasteiger partial charge on any atom is -0.382 e. The van der Waals surface area contributed by atoms with E-state index in [2.05, 4.69) is 37.2 Å². The maximum absolute atomic E-state index is 12.1. The molecule has 180 valence electrons. The molecule has 1 aliphatic rings. The number of aromatic nitrogens is 6. The number of anilines is 1. The second-order valence-electron chi connectivity index (χ2n) is 7.94. The Morgan fingerprint density at radius 2 is 2.15 bits per heavy atom. The van der Waals surface area contributed by atoms with E-state index in [1.165, 1.54) is 18.8 Å². The Kier molecular flexibility index (Phi) is 7.43. The maximum atomic E-state index is 12.1. The van der Waals surface area contributed by atoms with Gasteiger partial charge in [-0.05, 0) is 25.3 Å². The summed E-state index contributed by atoms with van der Waals surface area (Å²) in [5, 5.41) is 22.2. The average molecular weight is 486 g/mol.